The Hall–Kier alpha value is -7.81. The second-order valence-electron chi connectivity index (χ2n) is 16.2. The minimum Gasteiger partial charge on any atom is -0.398 e. The van der Waals surface area contributed by atoms with Gasteiger partial charge in [-0.1, -0.05) is 206 Å². The quantitative estimate of drug-likeness (QED) is 0.136. The molecule has 0 saturated carbocycles. The number of benzene rings is 10. The van der Waals surface area contributed by atoms with Gasteiger partial charge in [0.05, 0.1) is 11.1 Å². The van der Waals surface area contributed by atoms with Crippen LogP contribution in [-0.4, -0.2) is 5.71 Å². The number of nitrogens with one attached hydrogen (secondary N) is 1. The van der Waals surface area contributed by atoms with E-state index in [-0.39, 0.29) is 0 Å². The van der Waals surface area contributed by atoms with Gasteiger partial charge >= 0.3 is 0 Å². The predicted octanol–water partition coefficient (Wildman–Crippen LogP) is 14.5. The van der Waals surface area contributed by atoms with Crippen molar-refractivity contribution in [3.63, 3.8) is 0 Å². The van der Waals surface area contributed by atoms with Gasteiger partial charge in [0, 0.05) is 5.70 Å². The Morgan fingerprint density at radius 3 is 1.54 bits per heavy atom. The minimum absolute atomic E-state index is 0.388. The van der Waals surface area contributed by atoms with E-state index in [1.807, 2.05) is 54.6 Å². The van der Waals surface area contributed by atoms with Crippen LogP contribution in [0.15, 0.2) is 218 Å². The Labute approximate surface area is 356 Å². The third-order valence-corrected chi connectivity index (χ3v) is 12.8. The summed E-state index contributed by atoms with van der Waals surface area (Å²) in [5.74, 6) is 0. The molecule has 0 amide bonds. The standard InChI is InChI=1S/C52H34N2.C7H8/c53-47(32-15-2-1-3-16-32)31-48(54)34-18-14-17-33(29-34)43-30-46-49(40-24-7-5-21-37(40)43)50-41-25-8-4-19-35(41)36-20-6-9-26-42(36)51(50)52(46)44-27-12-10-22-38(44)39-23-11-13-28-45(39)52;1-7-5-3-2-4-6-7/h1-31,53H,54H2;2-6H,1H3/b48-31-,53-47?;. The van der Waals surface area contributed by atoms with Crippen molar-refractivity contribution in [3.05, 3.63) is 257 Å². The molecule has 3 N–H and O–H groups in total. The van der Waals surface area contributed by atoms with E-state index in [2.05, 4.69) is 165 Å². The van der Waals surface area contributed by atoms with Crippen LogP contribution >= 0.6 is 0 Å². The number of hydrogen-bond acceptors (Lipinski definition) is 2. The van der Waals surface area contributed by atoms with Crippen LogP contribution in [0.5, 0.6) is 0 Å². The normalized spacial score (nSPS) is 13.0. The number of rotatable bonds is 4. The molecule has 0 saturated heterocycles. The van der Waals surface area contributed by atoms with E-state index in [0.29, 0.717) is 11.4 Å². The molecule has 2 aliphatic carbocycles. The lowest BCUT2D eigenvalue weighted by molar-refractivity contribution is 0.803. The van der Waals surface area contributed by atoms with Crippen molar-refractivity contribution in [2.45, 2.75) is 12.3 Å². The molecule has 0 radical (unpaired) electrons. The van der Waals surface area contributed by atoms with E-state index in [1.165, 1.54) is 88.0 Å². The predicted molar refractivity (Wildman–Crippen MR) is 257 cm³/mol. The highest BCUT2D eigenvalue weighted by Crippen LogP contribution is 2.67. The molecule has 0 fully saturated rings. The molecule has 12 rings (SSSR count). The van der Waals surface area contributed by atoms with Crippen LogP contribution in [0, 0.1) is 12.3 Å². The molecular weight excluding hydrogens is 737 g/mol. The SMILES string of the molecule is Cc1ccccc1.N=C(/C=C(\N)c1cccc(-c2cc3c(c4ccccc24)-c2c(c4ccccc4c4ccccc24)C32c3ccccc3-c3ccccc32)c1)c1ccccc1. The van der Waals surface area contributed by atoms with Gasteiger partial charge < -0.3 is 11.1 Å². The van der Waals surface area contributed by atoms with Crippen molar-refractivity contribution in [1.82, 2.24) is 0 Å². The topological polar surface area (TPSA) is 49.9 Å². The molecule has 2 nitrogen and oxygen atoms in total. The summed E-state index contributed by atoms with van der Waals surface area (Å²) < 4.78 is 0. The summed E-state index contributed by atoms with van der Waals surface area (Å²) in [6.45, 7) is 2.08. The summed E-state index contributed by atoms with van der Waals surface area (Å²) in [5.41, 5.74) is 23.0. The Morgan fingerprint density at radius 2 is 0.918 bits per heavy atom. The van der Waals surface area contributed by atoms with Crippen LogP contribution < -0.4 is 5.73 Å². The first-order valence-corrected chi connectivity index (χ1v) is 21.0. The molecule has 1 spiro atoms. The second kappa shape index (κ2) is 14.5. The van der Waals surface area contributed by atoms with E-state index in [1.54, 1.807) is 6.08 Å². The Morgan fingerprint density at radius 1 is 0.426 bits per heavy atom. The third-order valence-electron chi connectivity index (χ3n) is 12.8. The molecule has 2 heteroatoms. The number of hydrogen-bond donors (Lipinski definition) is 2. The molecule has 0 aromatic heterocycles. The van der Waals surface area contributed by atoms with Gasteiger partial charge in [0.2, 0.25) is 0 Å². The molecular formula is C59H42N2. The van der Waals surface area contributed by atoms with Crippen molar-refractivity contribution in [3.8, 4) is 33.4 Å². The molecule has 10 aromatic carbocycles. The van der Waals surface area contributed by atoms with Crippen molar-refractivity contribution in [2.24, 2.45) is 5.73 Å². The molecule has 0 unspecified atom stereocenters. The van der Waals surface area contributed by atoms with Gasteiger partial charge in [-0.15, -0.1) is 0 Å². The van der Waals surface area contributed by atoms with Gasteiger partial charge in [-0.05, 0) is 124 Å². The zero-order valence-corrected chi connectivity index (χ0v) is 33.9. The molecule has 0 aliphatic heterocycles. The zero-order chi connectivity index (χ0) is 41.1. The minimum atomic E-state index is -0.540. The average Bonchev–Trinajstić information content (AvgIpc) is 3.80. The van der Waals surface area contributed by atoms with E-state index in [9.17, 15) is 0 Å². The Kier molecular flexibility index (Phi) is 8.61. The van der Waals surface area contributed by atoms with Crippen LogP contribution in [0.25, 0.3) is 71.4 Å². The van der Waals surface area contributed by atoms with Gasteiger partial charge in [-0.2, -0.15) is 0 Å². The molecule has 0 atom stereocenters. The fourth-order valence-corrected chi connectivity index (χ4v) is 10.2. The third kappa shape index (κ3) is 5.60. The van der Waals surface area contributed by atoms with Crippen molar-refractivity contribution in [2.75, 3.05) is 0 Å². The summed E-state index contributed by atoms with van der Waals surface area (Å²) in [7, 11) is 0. The summed E-state index contributed by atoms with van der Waals surface area (Å²) in [6, 6.07) is 76.0. The maximum atomic E-state index is 8.75. The summed E-state index contributed by atoms with van der Waals surface area (Å²) >= 11 is 0. The van der Waals surface area contributed by atoms with Crippen LogP contribution in [0.3, 0.4) is 0 Å². The smallest absolute Gasteiger partial charge is 0.0732 e. The molecule has 0 heterocycles. The maximum Gasteiger partial charge on any atom is 0.0732 e. The molecule has 61 heavy (non-hydrogen) atoms. The monoisotopic (exact) mass is 778 g/mol. The maximum absolute atomic E-state index is 8.75. The van der Waals surface area contributed by atoms with Crippen LogP contribution in [0.1, 0.15) is 38.9 Å². The highest BCUT2D eigenvalue weighted by molar-refractivity contribution is 6.24. The van der Waals surface area contributed by atoms with Crippen molar-refractivity contribution >= 4 is 43.7 Å². The first-order valence-electron chi connectivity index (χ1n) is 21.0. The number of aryl methyl sites for hydroxylation is 1. The number of allylic oxidation sites excluding steroid dienone is 1. The fourth-order valence-electron chi connectivity index (χ4n) is 10.2. The molecule has 2 aliphatic rings. The lowest BCUT2D eigenvalue weighted by Crippen LogP contribution is -2.26. The lowest BCUT2D eigenvalue weighted by Gasteiger charge is -2.32. The second-order valence-corrected chi connectivity index (χ2v) is 16.2. The van der Waals surface area contributed by atoms with Crippen LogP contribution in [-0.2, 0) is 5.41 Å². The van der Waals surface area contributed by atoms with Crippen molar-refractivity contribution < 1.29 is 0 Å². The molecule has 0 bridgehead atoms. The van der Waals surface area contributed by atoms with Gasteiger partial charge in [0.25, 0.3) is 0 Å². The number of nitrogens with two attached hydrogens (primary N) is 1. The van der Waals surface area contributed by atoms with Gasteiger partial charge in [-0.25, -0.2) is 0 Å². The lowest BCUT2D eigenvalue weighted by atomic mass is 9.68. The van der Waals surface area contributed by atoms with Gasteiger partial charge in [0.15, 0.2) is 0 Å². The van der Waals surface area contributed by atoms with E-state index in [0.717, 1.165) is 16.7 Å². The highest BCUT2D eigenvalue weighted by atomic mass is 14.6. The zero-order valence-electron chi connectivity index (χ0n) is 33.9. The van der Waals surface area contributed by atoms with Gasteiger partial charge in [-0.3, -0.25) is 0 Å². The summed E-state index contributed by atoms with van der Waals surface area (Å²) in [4.78, 5) is 0. The highest BCUT2D eigenvalue weighted by Gasteiger charge is 2.53. The fraction of sp³-hybridized carbons (Fsp3) is 0.0339. The largest absolute Gasteiger partial charge is 0.398 e. The number of fused-ring (bicyclic) bond motifs is 17. The van der Waals surface area contributed by atoms with Crippen molar-refractivity contribution in [1.29, 1.82) is 5.41 Å². The average molecular weight is 779 g/mol. The van der Waals surface area contributed by atoms with Crippen LogP contribution in [0.2, 0.25) is 0 Å². The summed E-state index contributed by atoms with van der Waals surface area (Å²) in [6.07, 6.45) is 1.77. The Bertz CT molecular complexity index is 3350. The van der Waals surface area contributed by atoms with E-state index >= 15 is 0 Å². The summed E-state index contributed by atoms with van der Waals surface area (Å²) in [5, 5.41) is 16.3. The molecule has 288 valence electrons. The Balaban J connectivity index is 0.000000549. The molecule has 10 aromatic rings. The first kappa shape index (κ1) is 36.3. The van der Waals surface area contributed by atoms with E-state index in [4.69, 9.17) is 11.1 Å². The van der Waals surface area contributed by atoms with Crippen LogP contribution in [0.4, 0.5) is 0 Å². The first-order chi connectivity index (χ1) is 30.0. The van der Waals surface area contributed by atoms with E-state index < -0.39 is 5.41 Å². The van der Waals surface area contributed by atoms with Gasteiger partial charge in [0.1, 0.15) is 0 Å².